The van der Waals surface area contributed by atoms with Gasteiger partial charge in [0.1, 0.15) is 31.3 Å². The third kappa shape index (κ3) is 7.82. The van der Waals surface area contributed by atoms with Crippen LogP contribution in [-0.2, 0) is 27.2 Å². The molecule has 5 atom stereocenters. The minimum atomic E-state index is -5.01. The molecule has 1 aliphatic heterocycles. The fourth-order valence-corrected chi connectivity index (χ4v) is 4.52. The predicted octanol–water partition coefficient (Wildman–Crippen LogP) is -0.569. The molecule has 0 amide bonds. The SMILES string of the molecule is C[N+](C)(C)CCOP(=O)(O)OP(=O)(O)OC[C@H]1O[C@@H](n2ccc(N)nc2=O)C[C@@H]1O. The molecule has 0 saturated carbocycles. The average molecular weight is 473 g/mol. The molecular formula is C14H27N4O10P2+. The first-order chi connectivity index (χ1) is 13.7. The number of ether oxygens (including phenoxy) is 1. The van der Waals surface area contributed by atoms with E-state index in [1.807, 2.05) is 21.1 Å². The summed E-state index contributed by atoms with van der Waals surface area (Å²) in [5, 5.41) is 10.1. The molecule has 2 unspecified atom stereocenters. The number of phosphoric ester groups is 2. The Hall–Kier alpha value is -1.18. The van der Waals surface area contributed by atoms with Gasteiger partial charge < -0.3 is 29.8 Å². The molecule has 0 bridgehead atoms. The monoisotopic (exact) mass is 473 g/mol. The number of quaternary nitrogens is 1. The second-order valence-electron chi connectivity index (χ2n) is 7.64. The van der Waals surface area contributed by atoms with Crippen LogP contribution in [0.4, 0.5) is 5.82 Å². The third-order valence-corrected chi connectivity index (χ3v) is 6.63. The highest BCUT2D eigenvalue weighted by Crippen LogP contribution is 2.60. The molecule has 0 spiro atoms. The highest BCUT2D eigenvalue weighted by atomic mass is 31.3. The molecule has 2 heterocycles. The molecule has 0 aromatic carbocycles. The lowest BCUT2D eigenvalue weighted by Gasteiger charge is -2.24. The van der Waals surface area contributed by atoms with Crippen LogP contribution in [0.5, 0.6) is 0 Å². The predicted molar refractivity (Wildman–Crippen MR) is 103 cm³/mol. The summed E-state index contributed by atoms with van der Waals surface area (Å²) in [7, 11) is -4.42. The Morgan fingerprint density at radius 2 is 1.93 bits per heavy atom. The molecular weight excluding hydrogens is 446 g/mol. The lowest BCUT2D eigenvalue weighted by Crippen LogP contribution is -2.37. The quantitative estimate of drug-likeness (QED) is 0.250. The van der Waals surface area contributed by atoms with E-state index < -0.39 is 46.4 Å². The number of hydrogen-bond acceptors (Lipinski definition) is 10. The first-order valence-corrected chi connectivity index (χ1v) is 11.8. The zero-order valence-corrected chi connectivity index (χ0v) is 18.5. The van der Waals surface area contributed by atoms with Gasteiger partial charge in [-0.3, -0.25) is 13.6 Å². The van der Waals surface area contributed by atoms with Crippen LogP contribution in [0.1, 0.15) is 12.6 Å². The highest BCUT2D eigenvalue weighted by molar-refractivity contribution is 7.61. The van der Waals surface area contributed by atoms with Crippen LogP contribution in [0, 0.1) is 0 Å². The Bertz CT molecular complexity index is 888. The maximum absolute atomic E-state index is 12.0. The van der Waals surface area contributed by atoms with Crippen LogP contribution in [-0.4, -0.2) is 82.0 Å². The summed E-state index contributed by atoms with van der Waals surface area (Å²) < 4.78 is 44.4. The van der Waals surface area contributed by atoms with Crippen molar-refractivity contribution in [2.24, 2.45) is 0 Å². The van der Waals surface area contributed by atoms with Gasteiger partial charge in [0.25, 0.3) is 0 Å². The van der Waals surface area contributed by atoms with Gasteiger partial charge in [0.15, 0.2) is 0 Å². The van der Waals surface area contributed by atoms with E-state index in [9.17, 15) is 28.8 Å². The second kappa shape index (κ2) is 9.53. The van der Waals surface area contributed by atoms with Crippen LogP contribution in [0.3, 0.4) is 0 Å². The lowest BCUT2D eigenvalue weighted by molar-refractivity contribution is -0.870. The summed E-state index contributed by atoms with van der Waals surface area (Å²) in [5.74, 6) is 0.0187. The molecule has 2 rings (SSSR count). The summed E-state index contributed by atoms with van der Waals surface area (Å²) >= 11 is 0. The Kier molecular flexibility index (Phi) is 7.97. The number of phosphoric acid groups is 2. The van der Waals surface area contributed by atoms with Gasteiger partial charge in [0.05, 0.1) is 33.9 Å². The topological polar surface area (TPSA) is 193 Å². The number of hydrogen-bond donors (Lipinski definition) is 4. The number of aliphatic hydroxyl groups excluding tert-OH is 1. The molecule has 1 aromatic heterocycles. The minimum absolute atomic E-state index is 0.0187. The summed E-state index contributed by atoms with van der Waals surface area (Å²) in [6.45, 7) is -0.511. The molecule has 172 valence electrons. The van der Waals surface area contributed by atoms with E-state index >= 15 is 0 Å². The second-order valence-corrected chi connectivity index (χ2v) is 10.7. The standard InChI is InChI=1S/C14H26N4O10P2/c1-18(2,3)6-7-25-29(21,22)28-30(23,24)26-9-11-10(19)8-13(27-11)17-5-4-12(15)16-14(17)20/h4-5,10-11,13,19H,6-9H2,1-3H3,(H3-,15,16,20,21,22,23,24)/p+1/t10-,11+,13+/m0/s1. The van der Waals surface area contributed by atoms with Crippen molar-refractivity contribution in [2.75, 3.05) is 46.6 Å². The summed E-state index contributed by atoms with van der Waals surface area (Å²) in [5.41, 5.74) is 4.72. The zero-order chi connectivity index (χ0) is 22.7. The number of nitrogen functional groups attached to an aromatic ring is 1. The van der Waals surface area contributed by atoms with Crippen LogP contribution < -0.4 is 11.4 Å². The summed E-state index contributed by atoms with van der Waals surface area (Å²) in [6.07, 6.45) is -1.86. The van der Waals surface area contributed by atoms with E-state index in [1.165, 1.54) is 12.3 Å². The molecule has 30 heavy (non-hydrogen) atoms. The Morgan fingerprint density at radius 3 is 2.53 bits per heavy atom. The van der Waals surface area contributed by atoms with E-state index in [2.05, 4.69) is 18.3 Å². The van der Waals surface area contributed by atoms with Crippen molar-refractivity contribution in [3.05, 3.63) is 22.7 Å². The number of rotatable bonds is 10. The normalized spacial score (nSPS) is 26.3. The summed E-state index contributed by atoms with van der Waals surface area (Å²) in [6, 6.07) is 1.37. The Labute approximate surface area is 172 Å². The number of likely N-dealkylation sites (N-methyl/N-ethyl adjacent to an activating group) is 1. The zero-order valence-electron chi connectivity index (χ0n) is 16.7. The van der Waals surface area contributed by atoms with Gasteiger partial charge in [0, 0.05) is 12.6 Å². The van der Waals surface area contributed by atoms with Gasteiger partial charge in [-0.05, 0) is 6.07 Å². The molecule has 5 N–H and O–H groups in total. The van der Waals surface area contributed by atoms with Crippen molar-refractivity contribution in [1.82, 2.24) is 9.55 Å². The van der Waals surface area contributed by atoms with Crippen molar-refractivity contribution < 1.29 is 46.6 Å². The molecule has 1 fully saturated rings. The van der Waals surface area contributed by atoms with E-state index in [0.717, 1.165) is 4.57 Å². The van der Waals surface area contributed by atoms with E-state index in [1.54, 1.807) is 0 Å². The smallest absolute Gasteiger partial charge is 0.390 e. The highest BCUT2D eigenvalue weighted by Gasteiger charge is 2.40. The fraction of sp³-hybridized carbons (Fsp3) is 0.714. The average Bonchev–Trinajstić information content (AvgIpc) is 2.91. The van der Waals surface area contributed by atoms with Gasteiger partial charge in [-0.25, -0.2) is 13.9 Å². The van der Waals surface area contributed by atoms with Crippen LogP contribution in [0.25, 0.3) is 0 Å². The Balaban J connectivity index is 1.89. The maximum Gasteiger partial charge on any atom is 0.481 e. The van der Waals surface area contributed by atoms with Crippen LogP contribution in [0.2, 0.25) is 0 Å². The molecule has 0 radical (unpaired) electrons. The summed E-state index contributed by atoms with van der Waals surface area (Å²) in [4.78, 5) is 34.7. The van der Waals surface area contributed by atoms with Gasteiger partial charge >= 0.3 is 21.3 Å². The minimum Gasteiger partial charge on any atom is -0.390 e. The first kappa shape index (κ1) is 25.1. The number of nitrogens with zero attached hydrogens (tertiary/aromatic N) is 3. The first-order valence-electron chi connectivity index (χ1n) is 8.82. The van der Waals surface area contributed by atoms with E-state index in [-0.39, 0.29) is 18.8 Å². The number of aromatic nitrogens is 2. The van der Waals surface area contributed by atoms with E-state index in [4.69, 9.17) is 10.5 Å². The van der Waals surface area contributed by atoms with Crippen molar-refractivity contribution in [1.29, 1.82) is 0 Å². The molecule has 1 aromatic rings. The molecule has 1 saturated heterocycles. The van der Waals surface area contributed by atoms with Gasteiger partial charge in [-0.1, -0.05) is 0 Å². The number of nitrogens with two attached hydrogens (primary N) is 1. The third-order valence-electron chi connectivity index (χ3n) is 3.99. The van der Waals surface area contributed by atoms with Crippen molar-refractivity contribution in [2.45, 2.75) is 24.9 Å². The van der Waals surface area contributed by atoms with E-state index in [0.29, 0.717) is 11.0 Å². The molecule has 0 aliphatic carbocycles. The van der Waals surface area contributed by atoms with Crippen molar-refractivity contribution in [3.8, 4) is 0 Å². The lowest BCUT2D eigenvalue weighted by atomic mass is 10.2. The number of anilines is 1. The van der Waals surface area contributed by atoms with Gasteiger partial charge in [0.2, 0.25) is 0 Å². The largest absolute Gasteiger partial charge is 0.481 e. The van der Waals surface area contributed by atoms with Crippen molar-refractivity contribution >= 4 is 21.5 Å². The maximum atomic E-state index is 12.0. The Morgan fingerprint density at radius 1 is 1.30 bits per heavy atom. The van der Waals surface area contributed by atoms with Crippen LogP contribution in [0.15, 0.2) is 17.1 Å². The van der Waals surface area contributed by atoms with Crippen LogP contribution >= 0.6 is 15.6 Å². The fourth-order valence-electron chi connectivity index (χ4n) is 2.46. The van der Waals surface area contributed by atoms with Gasteiger partial charge in [-0.15, -0.1) is 0 Å². The molecule has 16 heteroatoms. The molecule has 1 aliphatic rings. The van der Waals surface area contributed by atoms with Crippen molar-refractivity contribution in [3.63, 3.8) is 0 Å². The number of aliphatic hydroxyl groups is 1. The van der Waals surface area contributed by atoms with Gasteiger partial charge in [-0.2, -0.15) is 9.29 Å². The molecule has 14 nitrogen and oxygen atoms in total.